The molecule has 24 heavy (non-hydrogen) atoms. The predicted molar refractivity (Wildman–Crippen MR) is 121 cm³/mol. The molecule has 0 heterocycles. The van der Waals surface area contributed by atoms with Crippen LogP contribution in [0.3, 0.4) is 0 Å². The van der Waals surface area contributed by atoms with Crippen molar-refractivity contribution in [3.05, 3.63) is 12.2 Å². The van der Waals surface area contributed by atoms with Gasteiger partial charge >= 0.3 is 161 Å². The fraction of sp³-hybridized carbons (Fsp3) is 0.909. The van der Waals surface area contributed by atoms with Crippen molar-refractivity contribution < 1.29 is 0 Å². The van der Waals surface area contributed by atoms with Gasteiger partial charge in [0.25, 0.3) is 0 Å². The summed E-state index contributed by atoms with van der Waals surface area (Å²) in [5, 5.41) is 0. The van der Waals surface area contributed by atoms with Gasteiger partial charge in [0.05, 0.1) is 0 Å². The summed E-state index contributed by atoms with van der Waals surface area (Å²) >= 11 is -2.16. The Bertz CT molecular complexity index is 290. The molecular formula is C22H48SiSn. The SMILES string of the molecule is C/C=C/[CH]([Si](CC)(CC)CC)[Sn]([CH2]CCC)([CH2]CCC)[CH2]CCC. The Morgan fingerprint density at radius 2 is 1.08 bits per heavy atom. The summed E-state index contributed by atoms with van der Waals surface area (Å²) < 4.78 is 6.13. The zero-order valence-corrected chi connectivity index (χ0v) is 22.1. The van der Waals surface area contributed by atoms with E-state index in [0.29, 0.717) is 0 Å². The van der Waals surface area contributed by atoms with E-state index in [2.05, 4.69) is 60.6 Å². The number of allylic oxidation sites excluding steroid dienone is 2. The molecule has 0 aromatic heterocycles. The van der Waals surface area contributed by atoms with Gasteiger partial charge in [-0.2, -0.15) is 0 Å². The van der Waals surface area contributed by atoms with Gasteiger partial charge in [0, 0.05) is 0 Å². The van der Waals surface area contributed by atoms with Crippen LogP contribution in [0.15, 0.2) is 12.2 Å². The Morgan fingerprint density at radius 1 is 0.708 bits per heavy atom. The Morgan fingerprint density at radius 3 is 1.33 bits per heavy atom. The minimum absolute atomic E-state index is 1.10. The minimum atomic E-state index is -2.16. The van der Waals surface area contributed by atoms with Gasteiger partial charge in [-0.1, -0.05) is 0 Å². The van der Waals surface area contributed by atoms with Crippen molar-refractivity contribution in [1.82, 2.24) is 0 Å². The molecule has 0 aliphatic carbocycles. The predicted octanol–water partition coefficient (Wildman–Crippen LogP) is 8.83. The second kappa shape index (κ2) is 13.9. The molecule has 0 aliphatic rings. The van der Waals surface area contributed by atoms with Gasteiger partial charge in [-0.15, -0.1) is 0 Å². The Labute approximate surface area is 160 Å². The van der Waals surface area contributed by atoms with Crippen LogP contribution in [-0.2, 0) is 0 Å². The quantitative estimate of drug-likeness (QED) is 0.170. The Hall–Kier alpha value is 0.756. The summed E-state index contributed by atoms with van der Waals surface area (Å²) in [4.78, 5) is 0. The van der Waals surface area contributed by atoms with Gasteiger partial charge in [-0.05, 0) is 0 Å². The first-order valence-corrected chi connectivity index (χ1v) is 21.6. The molecular weight excluding hydrogens is 411 g/mol. The second-order valence-corrected chi connectivity index (χ2v) is 29.0. The van der Waals surface area contributed by atoms with Crippen molar-refractivity contribution in [2.45, 2.75) is 122 Å². The van der Waals surface area contributed by atoms with E-state index in [-0.39, 0.29) is 0 Å². The van der Waals surface area contributed by atoms with E-state index in [1.165, 1.54) is 56.7 Å². The molecule has 144 valence electrons. The second-order valence-electron chi connectivity index (χ2n) is 8.10. The van der Waals surface area contributed by atoms with Crippen LogP contribution in [0.4, 0.5) is 0 Å². The molecule has 0 amide bonds. The number of unbranched alkanes of at least 4 members (excludes halogenated alkanes) is 3. The van der Waals surface area contributed by atoms with Crippen molar-refractivity contribution in [2.75, 3.05) is 0 Å². The van der Waals surface area contributed by atoms with Crippen molar-refractivity contribution in [3.63, 3.8) is 0 Å². The third kappa shape index (κ3) is 6.81. The van der Waals surface area contributed by atoms with Gasteiger partial charge in [0.2, 0.25) is 0 Å². The first-order valence-electron chi connectivity index (χ1n) is 11.2. The summed E-state index contributed by atoms with van der Waals surface area (Å²) in [5.74, 6) is 0. The molecule has 0 aliphatic heterocycles. The third-order valence-corrected chi connectivity index (χ3v) is 37.9. The van der Waals surface area contributed by atoms with Gasteiger partial charge in [-0.3, -0.25) is 0 Å². The van der Waals surface area contributed by atoms with Crippen LogP contribution in [0.2, 0.25) is 35.0 Å². The van der Waals surface area contributed by atoms with E-state index < -0.39 is 26.5 Å². The molecule has 1 unspecified atom stereocenters. The van der Waals surface area contributed by atoms with E-state index in [1.54, 1.807) is 13.3 Å². The molecule has 0 bridgehead atoms. The molecule has 0 nitrogen and oxygen atoms in total. The summed E-state index contributed by atoms with van der Waals surface area (Å²) in [6, 6.07) is 4.54. The van der Waals surface area contributed by atoms with Gasteiger partial charge < -0.3 is 0 Å². The number of rotatable bonds is 15. The van der Waals surface area contributed by atoms with Crippen molar-refractivity contribution >= 4 is 26.5 Å². The topological polar surface area (TPSA) is 0 Å². The van der Waals surface area contributed by atoms with Crippen LogP contribution in [0, 0.1) is 0 Å². The third-order valence-electron chi connectivity index (χ3n) is 6.90. The molecule has 0 saturated heterocycles. The van der Waals surface area contributed by atoms with Gasteiger partial charge in [0.1, 0.15) is 0 Å². The van der Waals surface area contributed by atoms with E-state index in [1.807, 2.05) is 0 Å². The van der Waals surface area contributed by atoms with Crippen LogP contribution in [0.1, 0.15) is 87.0 Å². The van der Waals surface area contributed by atoms with Crippen LogP contribution >= 0.6 is 0 Å². The van der Waals surface area contributed by atoms with E-state index in [4.69, 9.17) is 0 Å². The molecule has 0 spiro atoms. The van der Waals surface area contributed by atoms with Crippen molar-refractivity contribution in [2.24, 2.45) is 0 Å². The van der Waals surface area contributed by atoms with Crippen LogP contribution < -0.4 is 0 Å². The number of hydrogen-bond acceptors (Lipinski definition) is 0. The molecule has 0 aromatic carbocycles. The average molecular weight is 459 g/mol. The van der Waals surface area contributed by atoms with Crippen LogP contribution in [0.25, 0.3) is 0 Å². The van der Waals surface area contributed by atoms with Crippen molar-refractivity contribution in [3.8, 4) is 0 Å². The first kappa shape index (κ1) is 24.8. The molecule has 0 fully saturated rings. The van der Waals surface area contributed by atoms with E-state index in [9.17, 15) is 0 Å². The molecule has 0 aromatic rings. The summed E-state index contributed by atoms with van der Waals surface area (Å²) in [7, 11) is -1.15. The van der Waals surface area contributed by atoms with Gasteiger partial charge in [-0.25, -0.2) is 0 Å². The van der Waals surface area contributed by atoms with Crippen LogP contribution in [0.5, 0.6) is 0 Å². The zero-order valence-electron chi connectivity index (χ0n) is 18.2. The summed E-state index contributed by atoms with van der Waals surface area (Å²) in [6.45, 7) is 17.1. The molecule has 2 heteroatoms. The fourth-order valence-corrected chi connectivity index (χ4v) is 44.7. The monoisotopic (exact) mass is 460 g/mol. The molecule has 0 rings (SSSR count). The summed E-state index contributed by atoms with van der Waals surface area (Å²) in [6.07, 6.45) is 14.0. The standard InChI is InChI=1S/C10H21Si.3C4H9.Sn/c1-5-9-10-11(6-2,7-3)8-4;3*1-3-4-2;/h5,9-10H,6-8H2,1-4H3;3*1,3-4H2,2H3;/b9-5+;;;;. The van der Waals surface area contributed by atoms with Gasteiger partial charge in [0.15, 0.2) is 0 Å². The molecule has 0 N–H and O–H groups in total. The zero-order chi connectivity index (χ0) is 18.5. The first-order chi connectivity index (χ1) is 11.6. The molecule has 0 saturated carbocycles. The Kier molecular flexibility index (Phi) is 14.3. The number of hydrogen-bond donors (Lipinski definition) is 0. The maximum absolute atomic E-state index is 2.78. The molecule has 0 radical (unpaired) electrons. The maximum atomic E-state index is 2.78. The normalized spacial score (nSPS) is 14.5. The van der Waals surface area contributed by atoms with Crippen molar-refractivity contribution in [1.29, 1.82) is 0 Å². The molecule has 1 atom stereocenters. The summed E-state index contributed by atoms with van der Waals surface area (Å²) in [5.41, 5.74) is 0. The van der Waals surface area contributed by atoms with Crippen LogP contribution in [-0.4, -0.2) is 26.5 Å². The van der Waals surface area contributed by atoms with E-state index in [0.717, 1.165) is 3.56 Å². The Balaban J connectivity index is 5.98. The average Bonchev–Trinajstić information content (AvgIpc) is 2.62. The van der Waals surface area contributed by atoms with E-state index >= 15 is 0 Å². The fourth-order valence-electron chi connectivity index (χ4n) is 5.09.